The van der Waals surface area contributed by atoms with Gasteiger partial charge in [-0.25, -0.2) is 0 Å². The van der Waals surface area contributed by atoms with Gasteiger partial charge < -0.3 is 10.6 Å². The molecule has 1 heterocycles. The topological polar surface area (TPSA) is 41.1 Å². The zero-order valence-electron chi connectivity index (χ0n) is 10.4. The Kier molecular flexibility index (Phi) is 4.14. The van der Waals surface area contributed by atoms with Crippen LogP contribution in [0.3, 0.4) is 0 Å². The molecule has 1 rings (SSSR count). The summed E-state index contributed by atoms with van der Waals surface area (Å²) in [7, 11) is 0. The Bertz CT molecular complexity index is 220. The van der Waals surface area contributed by atoms with Crippen LogP contribution in [0.25, 0.3) is 0 Å². The van der Waals surface area contributed by atoms with Gasteiger partial charge in [0, 0.05) is 11.5 Å². The average Bonchev–Trinajstić information content (AvgIpc) is 2.70. The molecule has 2 atom stereocenters. The van der Waals surface area contributed by atoms with Crippen molar-refractivity contribution in [2.45, 2.75) is 46.6 Å². The van der Waals surface area contributed by atoms with Crippen LogP contribution in [0, 0.1) is 11.3 Å². The third kappa shape index (κ3) is 3.20. The maximum Gasteiger partial charge on any atom is 0.225 e. The van der Waals surface area contributed by atoms with Gasteiger partial charge in [0.1, 0.15) is 0 Å². The SMILES string of the molecule is CCC(C)(C)C(=O)NC(C)C1CCNC1. The van der Waals surface area contributed by atoms with Gasteiger partial charge in [0.15, 0.2) is 0 Å². The largest absolute Gasteiger partial charge is 0.353 e. The molecule has 0 radical (unpaired) electrons. The monoisotopic (exact) mass is 212 g/mol. The third-order valence-corrected chi connectivity index (χ3v) is 3.66. The Labute approximate surface area is 93.0 Å². The number of amides is 1. The second kappa shape index (κ2) is 4.97. The highest BCUT2D eigenvalue weighted by molar-refractivity contribution is 5.81. The van der Waals surface area contributed by atoms with Gasteiger partial charge in [0.2, 0.25) is 5.91 Å². The van der Waals surface area contributed by atoms with Crippen LogP contribution in [0.4, 0.5) is 0 Å². The molecule has 0 spiro atoms. The number of carbonyl (C=O) groups excluding carboxylic acids is 1. The second-order valence-electron chi connectivity index (χ2n) is 5.25. The summed E-state index contributed by atoms with van der Waals surface area (Å²) >= 11 is 0. The molecule has 0 aromatic carbocycles. The molecule has 2 unspecified atom stereocenters. The average molecular weight is 212 g/mol. The highest BCUT2D eigenvalue weighted by Crippen LogP contribution is 2.21. The van der Waals surface area contributed by atoms with Crippen LogP contribution in [0.2, 0.25) is 0 Å². The summed E-state index contributed by atoms with van der Waals surface area (Å²) in [6.45, 7) is 10.3. The quantitative estimate of drug-likeness (QED) is 0.742. The first kappa shape index (κ1) is 12.5. The van der Waals surface area contributed by atoms with Crippen molar-refractivity contribution in [3.8, 4) is 0 Å². The van der Waals surface area contributed by atoms with Crippen molar-refractivity contribution in [2.24, 2.45) is 11.3 Å². The van der Waals surface area contributed by atoms with Crippen molar-refractivity contribution >= 4 is 5.91 Å². The lowest BCUT2D eigenvalue weighted by molar-refractivity contribution is -0.130. The first-order chi connectivity index (χ1) is 6.97. The van der Waals surface area contributed by atoms with Crippen LogP contribution in [-0.2, 0) is 4.79 Å². The summed E-state index contributed by atoms with van der Waals surface area (Å²) < 4.78 is 0. The van der Waals surface area contributed by atoms with Crippen molar-refractivity contribution in [1.29, 1.82) is 0 Å². The fraction of sp³-hybridized carbons (Fsp3) is 0.917. The molecule has 0 aromatic heterocycles. The van der Waals surface area contributed by atoms with Gasteiger partial charge in [-0.15, -0.1) is 0 Å². The number of rotatable bonds is 4. The van der Waals surface area contributed by atoms with Crippen molar-refractivity contribution in [1.82, 2.24) is 10.6 Å². The zero-order chi connectivity index (χ0) is 11.5. The van der Waals surface area contributed by atoms with Gasteiger partial charge in [-0.05, 0) is 38.8 Å². The minimum atomic E-state index is -0.236. The minimum Gasteiger partial charge on any atom is -0.353 e. The highest BCUT2D eigenvalue weighted by Gasteiger charge is 2.29. The first-order valence-electron chi connectivity index (χ1n) is 5.99. The predicted octanol–water partition coefficient (Wildman–Crippen LogP) is 1.54. The van der Waals surface area contributed by atoms with E-state index in [1.165, 1.54) is 6.42 Å². The van der Waals surface area contributed by atoms with Crippen molar-refractivity contribution in [3.63, 3.8) is 0 Å². The lowest BCUT2D eigenvalue weighted by Crippen LogP contribution is -2.45. The third-order valence-electron chi connectivity index (χ3n) is 3.66. The van der Waals surface area contributed by atoms with E-state index in [4.69, 9.17) is 0 Å². The normalized spacial score (nSPS) is 23.9. The van der Waals surface area contributed by atoms with Crippen LogP contribution in [-0.4, -0.2) is 25.0 Å². The summed E-state index contributed by atoms with van der Waals surface area (Å²) in [5, 5.41) is 6.46. The van der Waals surface area contributed by atoms with Crippen LogP contribution in [0.15, 0.2) is 0 Å². The second-order valence-corrected chi connectivity index (χ2v) is 5.25. The van der Waals surface area contributed by atoms with E-state index in [-0.39, 0.29) is 11.3 Å². The molecule has 3 nitrogen and oxygen atoms in total. The number of carbonyl (C=O) groups is 1. The molecule has 2 N–H and O–H groups in total. The lowest BCUT2D eigenvalue weighted by atomic mass is 9.88. The van der Waals surface area contributed by atoms with E-state index in [0.29, 0.717) is 12.0 Å². The Morgan fingerprint density at radius 1 is 1.60 bits per heavy atom. The molecular weight excluding hydrogens is 188 g/mol. The molecule has 1 saturated heterocycles. The van der Waals surface area contributed by atoms with E-state index in [0.717, 1.165) is 19.5 Å². The zero-order valence-corrected chi connectivity index (χ0v) is 10.4. The Hall–Kier alpha value is -0.570. The molecule has 88 valence electrons. The van der Waals surface area contributed by atoms with Gasteiger partial charge in [-0.2, -0.15) is 0 Å². The molecule has 1 aliphatic rings. The summed E-state index contributed by atoms with van der Waals surface area (Å²) in [6.07, 6.45) is 2.06. The van der Waals surface area contributed by atoms with E-state index in [1.807, 2.05) is 13.8 Å². The number of hydrogen-bond acceptors (Lipinski definition) is 2. The predicted molar refractivity (Wildman–Crippen MR) is 62.7 cm³/mol. The Morgan fingerprint density at radius 2 is 2.27 bits per heavy atom. The van der Waals surface area contributed by atoms with E-state index >= 15 is 0 Å². The van der Waals surface area contributed by atoms with Crippen molar-refractivity contribution in [3.05, 3.63) is 0 Å². The van der Waals surface area contributed by atoms with Crippen LogP contribution >= 0.6 is 0 Å². The molecule has 15 heavy (non-hydrogen) atoms. The summed E-state index contributed by atoms with van der Waals surface area (Å²) in [6, 6.07) is 0.290. The van der Waals surface area contributed by atoms with E-state index < -0.39 is 0 Å². The summed E-state index contributed by atoms with van der Waals surface area (Å²) in [4.78, 5) is 11.9. The number of nitrogens with one attached hydrogen (secondary N) is 2. The fourth-order valence-corrected chi connectivity index (χ4v) is 1.78. The Balaban J connectivity index is 2.43. The smallest absolute Gasteiger partial charge is 0.225 e. The molecule has 1 amide bonds. The fourth-order valence-electron chi connectivity index (χ4n) is 1.78. The van der Waals surface area contributed by atoms with Crippen molar-refractivity contribution in [2.75, 3.05) is 13.1 Å². The standard InChI is InChI=1S/C12H24N2O/c1-5-12(3,4)11(15)14-9(2)10-6-7-13-8-10/h9-10,13H,5-8H2,1-4H3,(H,14,15). The molecule has 0 aromatic rings. The van der Waals surface area contributed by atoms with Crippen LogP contribution < -0.4 is 10.6 Å². The van der Waals surface area contributed by atoms with Crippen LogP contribution in [0.1, 0.15) is 40.5 Å². The summed E-state index contributed by atoms with van der Waals surface area (Å²) in [5.41, 5.74) is -0.236. The molecule has 0 aliphatic carbocycles. The molecule has 0 saturated carbocycles. The maximum absolute atomic E-state index is 11.9. The van der Waals surface area contributed by atoms with E-state index in [1.54, 1.807) is 0 Å². The van der Waals surface area contributed by atoms with Gasteiger partial charge in [-0.3, -0.25) is 4.79 Å². The van der Waals surface area contributed by atoms with Gasteiger partial charge in [0.25, 0.3) is 0 Å². The van der Waals surface area contributed by atoms with Crippen LogP contribution in [0.5, 0.6) is 0 Å². The first-order valence-corrected chi connectivity index (χ1v) is 5.99. The minimum absolute atomic E-state index is 0.185. The Morgan fingerprint density at radius 3 is 2.73 bits per heavy atom. The lowest BCUT2D eigenvalue weighted by Gasteiger charge is -2.27. The van der Waals surface area contributed by atoms with Gasteiger partial charge in [0.05, 0.1) is 0 Å². The highest BCUT2D eigenvalue weighted by atomic mass is 16.2. The number of hydrogen-bond donors (Lipinski definition) is 2. The maximum atomic E-state index is 11.9. The van der Waals surface area contributed by atoms with E-state index in [2.05, 4.69) is 24.5 Å². The summed E-state index contributed by atoms with van der Waals surface area (Å²) in [5.74, 6) is 0.783. The van der Waals surface area contributed by atoms with Gasteiger partial charge in [-0.1, -0.05) is 20.8 Å². The molecule has 1 aliphatic heterocycles. The molecule has 1 fully saturated rings. The van der Waals surface area contributed by atoms with Crippen molar-refractivity contribution < 1.29 is 4.79 Å². The van der Waals surface area contributed by atoms with E-state index in [9.17, 15) is 4.79 Å². The van der Waals surface area contributed by atoms with Gasteiger partial charge >= 0.3 is 0 Å². The molecule has 0 bridgehead atoms. The molecular formula is C12H24N2O. The molecule has 3 heteroatoms.